The number of nitrogens with zero attached hydrogens (tertiary/aromatic N) is 2. The number of rotatable bonds is 8. The van der Waals surface area contributed by atoms with Crippen molar-refractivity contribution in [2.75, 3.05) is 5.75 Å². The van der Waals surface area contributed by atoms with Crippen LogP contribution in [-0.4, -0.2) is 32.7 Å². The highest BCUT2D eigenvalue weighted by Gasteiger charge is 2.32. The van der Waals surface area contributed by atoms with E-state index in [9.17, 15) is 18.0 Å². The Balaban J connectivity index is 1.70. The number of carboxylic acids is 1. The lowest BCUT2D eigenvalue weighted by Gasteiger charge is -2.12. The summed E-state index contributed by atoms with van der Waals surface area (Å²) in [6.07, 6.45) is -4.21. The number of aliphatic carboxylic acids is 1. The van der Waals surface area contributed by atoms with Crippen molar-refractivity contribution in [2.24, 2.45) is 0 Å². The summed E-state index contributed by atoms with van der Waals surface area (Å²) in [5.74, 6) is -0.500. The van der Waals surface area contributed by atoms with Crippen LogP contribution in [0.4, 0.5) is 13.2 Å². The maximum atomic E-state index is 12.9. The molecule has 0 amide bonds. The van der Waals surface area contributed by atoms with E-state index in [0.29, 0.717) is 39.5 Å². The molecule has 0 atom stereocenters. The molecule has 0 bridgehead atoms. The summed E-state index contributed by atoms with van der Waals surface area (Å²) in [4.78, 5) is 15.4. The predicted molar refractivity (Wildman–Crippen MR) is 115 cm³/mol. The van der Waals surface area contributed by atoms with Crippen molar-refractivity contribution in [3.8, 4) is 5.75 Å². The minimum Gasteiger partial charge on any atom is -0.481 e. The second-order valence-corrected chi connectivity index (χ2v) is 8.73. The monoisotopic (exact) mass is 466 g/mol. The van der Waals surface area contributed by atoms with Crippen molar-refractivity contribution in [3.05, 3.63) is 53.4 Å². The van der Waals surface area contributed by atoms with Gasteiger partial charge in [-0.15, -0.1) is 24.5 Å². The summed E-state index contributed by atoms with van der Waals surface area (Å²) in [5.41, 5.74) is 2.33. The molecule has 0 aliphatic rings. The molecule has 0 fully saturated rings. The molecule has 4 aromatic rings. The van der Waals surface area contributed by atoms with Gasteiger partial charge in [0, 0.05) is 22.3 Å². The molecule has 1 N–H and O–H groups in total. The van der Waals surface area contributed by atoms with Gasteiger partial charge in [-0.1, -0.05) is 30.0 Å². The Hall–Kier alpha value is -2.72. The second-order valence-electron chi connectivity index (χ2n) is 6.75. The summed E-state index contributed by atoms with van der Waals surface area (Å²) in [5, 5.41) is 11.8. The fraction of sp³-hybridized carbons (Fsp3) is 0.238. The number of carboxylic acid groups (broad SMARTS) is 1. The van der Waals surface area contributed by atoms with E-state index < -0.39 is 12.3 Å². The number of alkyl halides is 3. The van der Waals surface area contributed by atoms with Crippen molar-refractivity contribution >= 4 is 50.2 Å². The third kappa shape index (κ3) is 4.96. The molecule has 4 rings (SSSR count). The van der Waals surface area contributed by atoms with Gasteiger partial charge < -0.3 is 14.4 Å². The Bertz CT molecular complexity index is 1230. The molecule has 162 valence electrons. The van der Waals surface area contributed by atoms with E-state index in [2.05, 4.69) is 9.72 Å². The minimum atomic E-state index is -4.78. The van der Waals surface area contributed by atoms with Gasteiger partial charge in [0.25, 0.3) is 0 Å². The van der Waals surface area contributed by atoms with E-state index in [-0.39, 0.29) is 12.2 Å². The molecule has 0 saturated heterocycles. The Kier molecular flexibility index (Phi) is 6.10. The molecule has 2 aromatic carbocycles. The van der Waals surface area contributed by atoms with Crippen LogP contribution in [0.3, 0.4) is 0 Å². The Labute approximate surface area is 183 Å². The number of ether oxygens (including phenoxy) is 1. The van der Waals surface area contributed by atoms with Crippen molar-refractivity contribution in [3.63, 3.8) is 0 Å². The van der Waals surface area contributed by atoms with Crippen LogP contribution in [0.2, 0.25) is 0 Å². The van der Waals surface area contributed by atoms with Gasteiger partial charge in [-0.2, -0.15) is 0 Å². The molecule has 0 aliphatic carbocycles. The predicted octanol–water partition coefficient (Wildman–Crippen LogP) is 6.15. The van der Waals surface area contributed by atoms with Crippen LogP contribution in [-0.2, 0) is 11.3 Å². The topological polar surface area (TPSA) is 64.3 Å². The molecular weight excluding hydrogens is 449 g/mol. The highest BCUT2D eigenvalue weighted by Crippen LogP contribution is 2.38. The molecular formula is C21H17F3N2O3S2. The molecule has 0 spiro atoms. The third-order valence-corrected chi connectivity index (χ3v) is 6.64. The largest absolute Gasteiger partial charge is 0.573 e. The van der Waals surface area contributed by atoms with Crippen molar-refractivity contribution in [1.29, 1.82) is 0 Å². The number of para-hydroxylation sites is 2. The first-order chi connectivity index (χ1) is 14.8. The number of carbonyl (C=O) groups is 1. The molecule has 2 heterocycles. The highest BCUT2D eigenvalue weighted by atomic mass is 32.2. The standard InChI is InChI=1S/C21H17F3N2O3S2/c22-21(23,24)29-16-7-3-8-17-19(16)13(12-31-17)11-26-15-6-2-1-5-14(15)25-20(26)30-10-4-9-18(27)28/h1-3,5-8,12H,4,9-11H2,(H,27,28). The minimum absolute atomic E-state index is 0.0700. The van der Waals surface area contributed by atoms with E-state index in [0.717, 1.165) is 11.0 Å². The number of benzene rings is 2. The highest BCUT2D eigenvalue weighted by molar-refractivity contribution is 7.99. The summed E-state index contributed by atoms with van der Waals surface area (Å²) in [6, 6.07) is 12.2. The van der Waals surface area contributed by atoms with Gasteiger partial charge in [0.2, 0.25) is 0 Å². The van der Waals surface area contributed by atoms with Crippen molar-refractivity contribution < 1.29 is 27.8 Å². The van der Waals surface area contributed by atoms with Gasteiger partial charge in [0.1, 0.15) is 5.75 Å². The van der Waals surface area contributed by atoms with E-state index >= 15 is 0 Å². The molecule has 10 heteroatoms. The zero-order valence-electron chi connectivity index (χ0n) is 16.1. The lowest BCUT2D eigenvalue weighted by molar-refractivity contribution is -0.274. The molecule has 5 nitrogen and oxygen atoms in total. The molecule has 2 aromatic heterocycles. The number of hydrogen-bond donors (Lipinski definition) is 1. The van der Waals surface area contributed by atoms with Crippen LogP contribution in [0.15, 0.2) is 53.0 Å². The SMILES string of the molecule is O=C(O)CCCSc1nc2ccccc2n1Cc1csc2cccc(OC(F)(F)F)c12. The number of thiophene rings is 1. The average molecular weight is 467 g/mol. The van der Waals surface area contributed by atoms with E-state index in [1.807, 2.05) is 34.2 Å². The van der Waals surface area contributed by atoms with Gasteiger partial charge in [0.05, 0.1) is 17.6 Å². The first-order valence-electron chi connectivity index (χ1n) is 9.36. The fourth-order valence-electron chi connectivity index (χ4n) is 3.32. The number of thioether (sulfide) groups is 1. The fourth-order valence-corrected chi connectivity index (χ4v) is 5.24. The van der Waals surface area contributed by atoms with E-state index in [1.165, 1.54) is 29.2 Å². The van der Waals surface area contributed by atoms with Gasteiger partial charge in [-0.25, -0.2) is 4.98 Å². The Morgan fingerprint density at radius 1 is 1.19 bits per heavy atom. The number of aromatic nitrogens is 2. The first-order valence-corrected chi connectivity index (χ1v) is 11.2. The van der Waals surface area contributed by atoms with Gasteiger partial charge in [0.15, 0.2) is 5.16 Å². The van der Waals surface area contributed by atoms with E-state index in [1.54, 1.807) is 12.1 Å². The second kappa shape index (κ2) is 8.80. The number of fused-ring (bicyclic) bond motifs is 2. The van der Waals surface area contributed by atoms with Crippen LogP contribution in [0, 0.1) is 0 Å². The average Bonchev–Trinajstić information content (AvgIpc) is 3.27. The quantitative estimate of drug-likeness (QED) is 0.249. The normalized spacial score (nSPS) is 12.0. The lowest BCUT2D eigenvalue weighted by Crippen LogP contribution is -2.17. The Morgan fingerprint density at radius 3 is 2.77 bits per heavy atom. The van der Waals surface area contributed by atoms with E-state index in [4.69, 9.17) is 5.11 Å². The first kappa shape index (κ1) is 21.5. The van der Waals surface area contributed by atoms with Crippen molar-refractivity contribution in [2.45, 2.75) is 30.9 Å². The molecule has 0 aliphatic heterocycles. The lowest BCUT2D eigenvalue weighted by atomic mass is 10.1. The van der Waals surface area contributed by atoms with Crippen LogP contribution in [0.1, 0.15) is 18.4 Å². The van der Waals surface area contributed by atoms with Gasteiger partial charge >= 0.3 is 12.3 Å². The summed E-state index contributed by atoms with van der Waals surface area (Å²) < 4.78 is 45.7. The molecule has 0 saturated carbocycles. The van der Waals surface area contributed by atoms with Crippen molar-refractivity contribution in [1.82, 2.24) is 9.55 Å². The van der Waals surface area contributed by atoms with Crippen LogP contribution in [0.5, 0.6) is 5.75 Å². The summed E-state index contributed by atoms with van der Waals surface area (Å²) in [7, 11) is 0. The third-order valence-electron chi connectivity index (χ3n) is 4.58. The smallest absolute Gasteiger partial charge is 0.481 e. The zero-order chi connectivity index (χ0) is 22.0. The molecule has 0 radical (unpaired) electrons. The summed E-state index contributed by atoms with van der Waals surface area (Å²) >= 11 is 2.80. The van der Waals surface area contributed by atoms with Crippen LogP contribution < -0.4 is 4.74 Å². The summed E-state index contributed by atoms with van der Waals surface area (Å²) in [6.45, 7) is 0.319. The van der Waals surface area contributed by atoms with Gasteiger partial charge in [-0.05, 0) is 41.6 Å². The maximum absolute atomic E-state index is 12.9. The van der Waals surface area contributed by atoms with Crippen LogP contribution >= 0.6 is 23.1 Å². The number of halogens is 3. The van der Waals surface area contributed by atoms with Crippen LogP contribution in [0.25, 0.3) is 21.1 Å². The molecule has 0 unspecified atom stereocenters. The molecule has 31 heavy (non-hydrogen) atoms. The Morgan fingerprint density at radius 2 is 2.00 bits per heavy atom. The van der Waals surface area contributed by atoms with Gasteiger partial charge in [-0.3, -0.25) is 4.79 Å². The number of imidazole rings is 1. The number of hydrogen-bond acceptors (Lipinski definition) is 5. The maximum Gasteiger partial charge on any atom is 0.573 e. The zero-order valence-corrected chi connectivity index (χ0v) is 17.7.